The Bertz CT molecular complexity index is 416. The summed E-state index contributed by atoms with van der Waals surface area (Å²) in [4.78, 5) is 28.9. The molecule has 0 aliphatic carbocycles. The molecule has 1 fully saturated rings. The van der Waals surface area contributed by atoms with Gasteiger partial charge in [0.05, 0.1) is 0 Å². The van der Waals surface area contributed by atoms with Crippen molar-refractivity contribution in [3.05, 3.63) is 0 Å². The molecule has 0 atom stereocenters. The Hall–Kier alpha value is -1.06. The Kier molecular flexibility index (Phi) is 18.6. The maximum absolute atomic E-state index is 12.5. The molecule has 1 aliphatic heterocycles. The number of hydrogen-bond acceptors (Lipinski definition) is 2. The molecule has 2 amide bonds. The van der Waals surface area contributed by atoms with E-state index in [0.29, 0.717) is 24.7 Å². The second-order valence-electron chi connectivity index (χ2n) is 9.92. The molecule has 1 heterocycles. The molecule has 0 radical (unpaired) electrons. The van der Waals surface area contributed by atoms with E-state index in [0.717, 1.165) is 39.0 Å². The predicted molar refractivity (Wildman–Crippen MR) is 137 cm³/mol. The van der Waals surface area contributed by atoms with Gasteiger partial charge >= 0.3 is 0 Å². The number of carbonyl (C=O) groups excluding carboxylic acids is 2. The summed E-state index contributed by atoms with van der Waals surface area (Å²) in [6, 6.07) is 0. The lowest BCUT2D eigenvalue weighted by Gasteiger charge is -2.35. The smallest absolute Gasteiger partial charge is 0.222 e. The van der Waals surface area contributed by atoms with Crippen LogP contribution in [0.1, 0.15) is 142 Å². The van der Waals surface area contributed by atoms with Gasteiger partial charge in [0.15, 0.2) is 0 Å². The van der Waals surface area contributed by atoms with Gasteiger partial charge in [-0.2, -0.15) is 0 Å². The topological polar surface area (TPSA) is 40.6 Å². The highest BCUT2D eigenvalue weighted by Gasteiger charge is 2.23. The predicted octanol–water partition coefficient (Wildman–Crippen LogP) is 7.50. The Balaban J connectivity index is 1.98. The Labute approximate surface area is 199 Å². The van der Waals surface area contributed by atoms with Gasteiger partial charge in [0.25, 0.3) is 0 Å². The molecule has 0 N–H and O–H groups in total. The molecular formula is C28H54N2O2. The van der Waals surface area contributed by atoms with E-state index in [1.807, 2.05) is 9.80 Å². The molecule has 1 saturated heterocycles. The van der Waals surface area contributed by atoms with E-state index in [-0.39, 0.29) is 0 Å². The van der Waals surface area contributed by atoms with Gasteiger partial charge < -0.3 is 9.80 Å². The second kappa shape index (κ2) is 20.5. The number of rotatable bonds is 20. The summed E-state index contributed by atoms with van der Waals surface area (Å²) in [5.41, 5.74) is 0. The van der Waals surface area contributed by atoms with Crippen LogP contribution in [-0.4, -0.2) is 47.8 Å². The van der Waals surface area contributed by atoms with Crippen molar-refractivity contribution in [2.75, 3.05) is 26.2 Å². The number of carbonyl (C=O) groups is 2. The van der Waals surface area contributed by atoms with Crippen molar-refractivity contribution in [3.8, 4) is 0 Å². The van der Waals surface area contributed by atoms with Gasteiger partial charge in [-0.15, -0.1) is 0 Å². The van der Waals surface area contributed by atoms with Crippen LogP contribution in [0.25, 0.3) is 0 Å². The first-order chi connectivity index (χ1) is 15.7. The van der Waals surface area contributed by atoms with E-state index in [9.17, 15) is 9.59 Å². The van der Waals surface area contributed by atoms with Crippen LogP contribution in [0.15, 0.2) is 0 Å². The molecule has 0 spiro atoms. The second-order valence-corrected chi connectivity index (χ2v) is 9.92. The van der Waals surface area contributed by atoms with Crippen molar-refractivity contribution < 1.29 is 9.59 Å². The summed E-state index contributed by atoms with van der Waals surface area (Å²) >= 11 is 0. The third-order valence-corrected chi connectivity index (χ3v) is 6.97. The maximum Gasteiger partial charge on any atom is 0.222 e. The van der Waals surface area contributed by atoms with Crippen LogP contribution in [0.4, 0.5) is 0 Å². The van der Waals surface area contributed by atoms with Crippen LogP contribution in [0.3, 0.4) is 0 Å². The first-order valence-corrected chi connectivity index (χ1v) is 14.2. The number of hydrogen-bond donors (Lipinski definition) is 0. The van der Waals surface area contributed by atoms with E-state index < -0.39 is 0 Å². The molecule has 188 valence electrons. The lowest BCUT2D eigenvalue weighted by Crippen LogP contribution is -2.50. The van der Waals surface area contributed by atoms with E-state index in [1.165, 1.54) is 103 Å². The van der Waals surface area contributed by atoms with Crippen LogP contribution >= 0.6 is 0 Å². The molecule has 0 aromatic heterocycles. The van der Waals surface area contributed by atoms with Crippen molar-refractivity contribution >= 4 is 11.8 Å². The third-order valence-electron chi connectivity index (χ3n) is 6.97. The van der Waals surface area contributed by atoms with Gasteiger partial charge in [-0.25, -0.2) is 0 Å². The highest BCUT2D eigenvalue weighted by Crippen LogP contribution is 2.14. The maximum atomic E-state index is 12.5. The van der Waals surface area contributed by atoms with Crippen molar-refractivity contribution in [3.63, 3.8) is 0 Å². The fraction of sp³-hybridized carbons (Fsp3) is 0.929. The van der Waals surface area contributed by atoms with Crippen molar-refractivity contribution in [1.82, 2.24) is 9.80 Å². The number of piperazine rings is 1. The fourth-order valence-electron chi connectivity index (χ4n) is 4.70. The van der Waals surface area contributed by atoms with Crippen molar-refractivity contribution in [2.24, 2.45) is 0 Å². The Morgan fingerprint density at radius 1 is 0.438 bits per heavy atom. The molecular weight excluding hydrogens is 396 g/mol. The van der Waals surface area contributed by atoms with E-state index in [1.54, 1.807) is 0 Å². The molecule has 0 aromatic rings. The monoisotopic (exact) mass is 450 g/mol. The van der Waals surface area contributed by atoms with Crippen LogP contribution in [0.5, 0.6) is 0 Å². The quantitative estimate of drug-likeness (QED) is 0.180. The molecule has 0 bridgehead atoms. The van der Waals surface area contributed by atoms with Crippen LogP contribution in [0, 0.1) is 0 Å². The average Bonchev–Trinajstić information content (AvgIpc) is 2.81. The van der Waals surface area contributed by atoms with Gasteiger partial charge in [-0.1, -0.05) is 117 Å². The number of unbranched alkanes of at least 4 members (excludes halogenated alkanes) is 16. The fourth-order valence-corrected chi connectivity index (χ4v) is 4.70. The first kappa shape index (κ1) is 29.0. The SMILES string of the molecule is CCCCCCCCCCCC(=O)N1CCN(C(=O)CCCCCCCCCCC)CC1. The summed E-state index contributed by atoms with van der Waals surface area (Å²) < 4.78 is 0. The van der Waals surface area contributed by atoms with Crippen molar-refractivity contribution in [1.29, 1.82) is 0 Å². The minimum Gasteiger partial charge on any atom is -0.339 e. The van der Waals surface area contributed by atoms with E-state index in [4.69, 9.17) is 0 Å². The zero-order chi connectivity index (χ0) is 23.3. The molecule has 32 heavy (non-hydrogen) atoms. The number of amides is 2. The Morgan fingerprint density at radius 2 is 0.688 bits per heavy atom. The van der Waals surface area contributed by atoms with Gasteiger partial charge in [0, 0.05) is 39.0 Å². The summed E-state index contributed by atoms with van der Waals surface area (Å²) in [5, 5.41) is 0. The van der Waals surface area contributed by atoms with Crippen LogP contribution in [-0.2, 0) is 9.59 Å². The van der Waals surface area contributed by atoms with Gasteiger partial charge in [-0.05, 0) is 12.8 Å². The minimum atomic E-state index is 0.291. The largest absolute Gasteiger partial charge is 0.339 e. The Morgan fingerprint density at radius 3 is 0.969 bits per heavy atom. The average molecular weight is 451 g/mol. The summed E-state index contributed by atoms with van der Waals surface area (Å²) in [7, 11) is 0. The van der Waals surface area contributed by atoms with Crippen LogP contribution in [0.2, 0.25) is 0 Å². The molecule has 1 aliphatic rings. The van der Waals surface area contributed by atoms with E-state index in [2.05, 4.69) is 13.8 Å². The minimum absolute atomic E-state index is 0.291. The molecule has 0 aromatic carbocycles. The molecule has 0 saturated carbocycles. The lowest BCUT2D eigenvalue weighted by atomic mass is 10.1. The van der Waals surface area contributed by atoms with Gasteiger partial charge in [0.2, 0.25) is 11.8 Å². The molecule has 4 heteroatoms. The van der Waals surface area contributed by atoms with Gasteiger partial charge in [0.1, 0.15) is 0 Å². The van der Waals surface area contributed by atoms with E-state index >= 15 is 0 Å². The molecule has 1 rings (SSSR count). The zero-order valence-corrected chi connectivity index (χ0v) is 21.7. The summed E-state index contributed by atoms with van der Waals surface area (Å²) in [5.74, 6) is 0.581. The first-order valence-electron chi connectivity index (χ1n) is 14.2. The number of nitrogens with zero attached hydrogens (tertiary/aromatic N) is 2. The third kappa shape index (κ3) is 14.9. The van der Waals surface area contributed by atoms with Crippen LogP contribution < -0.4 is 0 Å². The summed E-state index contributed by atoms with van der Waals surface area (Å²) in [6.45, 7) is 7.40. The zero-order valence-electron chi connectivity index (χ0n) is 21.7. The highest BCUT2D eigenvalue weighted by atomic mass is 16.2. The normalized spacial score (nSPS) is 14.2. The lowest BCUT2D eigenvalue weighted by molar-refractivity contribution is -0.139. The highest BCUT2D eigenvalue weighted by molar-refractivity contribution is 5.78. The van der Waals surface area contributed by atoms with Crippen molar-refractivity contribution in [2.45, 2.75) is 142 Å². The molecule has 0 unspecified atom stereocenters. The standard InChI is InChI=1S/C28H54N2O2/c1-3-5-7-9-11-13-15-17-19-21-27(31)29-23-25-30(26-24-29)28(32)22-20-18-16-14-12-10-8-6-4-2/h3-26H2,1-2H3. The summed E-state index contributed by atoms with van der Waals surface area (Å²) in [6.07, 6.45) is 24.5. The molecule has 4 nitrogen and oxygen atoms in total. The van der Waals surface area contributed by atoms with Gasteiger partial charge in [-0.3, -0.25) is 9.59 Å².